The molecule has 1 N–H and O–H groups in total. The van der Waals surface area contributed by atoms with E-state index in [1.807, 2.05) is 27.7 Å². The van der Waals surface area contributed by atoms with Gasteiger partial charge < -0.3 is 24.4 Å². The summed E-state index contributed by atoms with van der Waals surface area (Å²) in [5, 5.41) is 9.09. The molecule has 0 aromatic carbocycles. The van der Waals surface area contributed by atoms with Gasteiger partial charge in [0.2, 0.25) is 11.8 Å². The Balaban J connectivity index is 2.04. The lowest BCUT2D eigenvalue weighted by atomic mass is 9.65. The van der Waals surface area contributed by atoms with Gasteiger partial charge in [-0.1, -0.05) is 25.8 Å². The summed E-state index contributed by atoms with van der Waals surface area (Å²) in [6.45, 7) is 14.7. The molecule has 8 heteroatoms. The maximum Gasteiger partial charge on any atom is 0.312 e. The minimum atomic E-state index is -1.03. The van der Waals surface area contributed by atoms with Crippen LogP contribution >= 0.6 is 0 Å². The fourth-order valence-corrected chi connectivity index (χ4v) is 6.55. The van der Waals surface area contributed by atoms with E-state index in [2.05, 4.69) is 6.58 Å². The molecule has 0 aliphatic carbocycles. The van der Waals surface area contributed by atoms with E-state index in [4.69, 9.17) is 14.6 Å². The Morgan fingerprint density at radius 2 is 1.91 bits per heavy atom. The van der Waals surface area contributed by atoms with E-state index in [9.17, 15) is 14.4 Å². The van der Waals surface area contributed by atoms with Gasteiger partial charge in [0.25, 0.3) is 0 Å². The van der Waals surface area contributed by atoms with Crippen LogP contribution in [0.2, 0.25) is 0 Å². The highest BCUT2D eigenvalue weighted by Gasteiger charge is 2.79. The highest BCUT2D eigenvalue weighted by Crippen LogP contribution is 2.64. The number of likely N-dealkylation sites (tertiary alicyclic amines) is 1. The first-order valence-electron chi connectivity index (χ1n) is 13.2. The third kappa shape index (κ3) is 4.64. The van der Waals surface area contributed by atoms with Crippen molar-refractivity contribution in [3.63, 3.8) is 0 Å². The van der Waals surface area contributed by atoms with Gasteiger partial charge in [-0.3, -0.25) is 14.4 Å². The second-order valence-corrected chi connectivity index (χ2v) is 11.2. The zero-order valence-electron chi connectivity index (χ0n) is 22.2. The average molecular weight is 493 g/mol. The number of aliphatic hydroxyl groups is 1. The molecule has 3 heterocycles. The molecule has 3 fully saturated rings. The SMILES string of the molecule is C=CCN(C(=O)C1N(CCCCCCO)C(=O)[C@@H]2[C@H](C(=O)OCC)[C@]3(CC)CCC12O3)C(C)(C)C. The molecule has 3 aliphatic heterocycles. The summed E-state index contributed by atoms with van der Waals surface area (Å²) in [6.07, 6.45) is 6.62. The molecule has 3 saturated heterocycles. The first-order chi connectivity index (χ1) is 16.5. The molecule has 0 saturated carbocycles. The molecule has 0 radical (unpaired) electrons. The first-order valence-corrected chi connectivity index (χ1v) is 13.2. The van der Waals surface area contributed by atoms with Crippen LogP contribution in [0.4, 0.5) is 0 Å². The quantitative estimate of drug-likeness (QED) is 0.256. The third-order valence-corrected chi connectivity index (χ3v) is 8.15. The van der Waals surface area contributed by atoms with Crippen LogP contribution in [-0.2, 0) is 23.9 Å². The van der Waals surface area contributed by atoms with Crippen LogP contribution in [0.5, 0.6) is 0 Å². The number of unbranched alkanes of at least 4 members (excludes halogenated alkanes) is 3. The smallest absolute Gasteiger partial charge is 0.312 e. The zero-order chi connectivity index (χ0) is 26.0. The highest BCUT2D eigenvalue weighted by molar-refractivity contribution is 5.98. The normalized spacial score (nSPS) is 31.5. The van der Waals surface area contributed by atoms with E-state index in [-0.39, 0.29) is 25.0 Å². The lowest BCUT2D eigenvalue weighted by Gasteiger charge is -2.42. The predicted octanol–water partition coefficient (Wildman–Crippen LogP) is 3.07. The average Bonchev–Trinajstić information content (AvgIpc) is 3.40. The molecule has 5 atom stereocenters. The van der Waals surface area contributed by atoms with E-state index in [1.54, 1.807) is 22.8 Å². The molecule has 198 valence electrons. The van der Waals surface area contributed by atoms with E-state index < -0.39 is 40.6 Å². The summed E-state index contributed by atoms with van der Waals surface area (Å²) < 4.78 is 12.2. The number of nitrogens with zero attached hydrogens (tertiary/aromatic N) is 2. The number of aliphatic hydroxyl groups excluding tert-OH is 1. The molecule has 3 rings (SSSR count). The molecule has 2 unspecified atom stereocenters. The van der Waals surface area contributed by atoms with E-state index >= 15 is 0 Å². The number of carbonyl (C=O) groups excluding carboxylic acids is 3. The first kappa shape index (κ1) is 27.7. The van der Waals surface area contributed by atoms with Crippen LogP contribution in [0, 0.1) is 11.8 Å². The number of hydrogen-bond donors (Lipinski definition) is 1. The Bertz CT molecular complexity index is 823. The van der Waals surface area contributed by atoms with Crippen molar-refractivity contribution < 1.29 is 29.0 Å². The van der Waals surface area contributed by atoms with Crippen molar-refractivity contribution in [2.24, 2.45) is 11.8 Å². The zero-order valence-corrected chi connectivity index (χ0v) is 22.2. The van der Waals surface area contributed by atoms with Crippen LogP contribution in [0.1, 0.15) is 79.6 Å². The Labute approximate surface area is 210 Å². The Hall–Kier alpha value is -1.93. The number of amides is 2. The second-order valence-electron chi connectivity index (χ2n) is 11.2. The Kier molecular flexibility index (Phi) is 8.37. The van der Waals surface area contributed by atoms with Crippen molar-refractivity contribution >= 4 is 17.8 Å². The molecule has 2 amide bonds. The van der Waals surface area contributed by atoms with Gasteiger partial charge in [0.15, 0.2) is 0 Å². The molecule has 3 aliphatic rings. The van der Waals surface area contributed by atoms with Gasteiger partial charge in [0.1, 0.15) is 17.6 Å². The number of ether oxygens (including phenoxy) is 2. The van der Waals surface area contributed by atoms with Gasteiger partial charge in [-0.05, 0) is 59.8 Å². The molecule has 8 nitrogen and oxygen atoms in total. The van der Waals surface area contributed by atoms with Crippen LogP contribution in [-0.4, -0.2) is 81.8 Å². The largest absolute Gasteiger partial charge is 0.466 e. The van der Waals surface area contributed by atoms with Gasteiger partial charge in [0.05, 0.1) is 18.1 Å². The van der Waals surface area contributed by atoms with Crippen molar-refractivity contribution in [3.8, 4) is 0 Å². The summed E-state index contributed by atoms with van der Waals surface area (Å²) in [4.78, 5) is 44.9. The molecule has 0 aromatic rings. The number of hydrogen-bond acceptors (Lipinski definition) is 6. The van der Waals surface area contributed by atoms with Gasteiger partial charge in [-0.15, -0.1) is 6.58 Å². The third-order valence-electron chi connectivity index (χ3n) is 8.15. The highest BCUT2D eigenvalue weighted by atomic mass is 16.6. The number of esters is 1. The number of rotatable bonds is 12. The minimum absolute atomic E-state index is 0.144. The van der Waals surface area contributed by atoms with Crippen LogP contribution in [0.3, 0.4) is 0 Å². The lowest BCUT2D eigenvalue weighted by molar-refractivity contribution is -0.162. The summed E-state index contributed by atoms with van der Waals surface area (Å²) >= 11 is 0. The molecule has 0 aromatic heterocycles. The molecular weight excluding hydrogens is 448 g/mol. The number of fused-ring (bicyclic) bond motifs is 1. The van der Waals surface area contributed by atoms with Gasteiger partial charge in [-0.2, -0.15) is 0 Å². The van der Waals surface area contributed by atoms with Crippen LogP contribution in [0.15, 0.2) is 12.7 Å². The second kappa shape index (κ2) is 10.6. The van der Waals surface area contributed by atoms with Crippen molar-refractivity contribution in [1.82, 2.24) is 9.80 Å². The van der Waals surface area contributed by atoms with E-state index in [0.29, 0.717) is 38.8 Å². The van der Waals surface area contributed by atoms with E-state index in [0.717, 1.165) is 19.3 Å². The van der Waals surface area contributed by atoms with E-state index in [1.165, 1.54) is 0 Å². The predicted molar refractivity (Wildman–Crippen MR) is 132 cm³/mol. The standard InChI is InChI=1S/C27H44N2O6/c1-7-16-29(25(4,5)6)23(32)21-27-15-14-26(8-2,35-27)20(24(33)34-9-3)19(27)22(31)28(21)17-12-10-11-13-18-30/h7,19-21,30H,1,8-18H2,2-6H3/t19-,20+,21?,26-,27?/m0/s1. The summed E-state index contributed by atoms with van der Waals surface area (Å²) in [7, 11) is 0. The van der Waals surface area contributed by atoms with Gasteiger partial charge in [-0.25, -0.2) is 0 Å². The lowest BCUT2D eigenvalue weighted by Crippen LogP contribution is -2.60. The fraction of sp³-hybridized carbons (Fsp3) is 0.815. The van der Waals surface area contributed by atoms with Crippen LogP contribution < -0.4 is 0 Å². The Morgan fingerprint density at radius 1 is 1.23 bits per heavy atom. The summed E-state index contributed by atoms with van der Waals surface area (Å²) in [6, 6.07) is -0.787. The number of carbonyl (C=O) groups is 3. The van der Waals surface area contributed by atoms with Crippen molar-refractivity contribution in [1.29, 1.82) is 0 Å². The maximum absolute atomic E-state index is 14.2. The maximum atomic E-state index is 14.2. The van der Waals surface area contributed by atoms with Crippen molar-refractivity contribution in [2.45, 2.75) is 102 Å². The topological polar surface area (TPSA) is 96.4 Å². The Morgan fingerprint density at radius 3 is 2.49 bits per heavy atom. The molecule has 2 bridgehead atoms. The molecule has 1 spiro atoms. The monoisotopic (exact) mass is 492 g/mol. The van der Waals surface area contributed by atoms with Crippen molar-refractivity contribution in [3.05, 3.63) is 12.7 Å². The summed E-state index contributed by atoms with van der Waals surface area (Å²) in [5.74, 6) is -2.15. The van der Waals surface area contributed by atoms with Crippen molar-refractivity contribution in [2.75, 3.05) is 26.3 Å². The molecule has 35 heavy (non-hydrogen) atoms. The van der Waals surface area contributed by atoms with Gasteiger partial charge in [0, 0.05) is 25.2 Å². The van der Waals surface area contributed by atoms with Gasteiger partial charge >= 0.3 is 5.97 Å². The fourth-order valence-electron chi connectivity index (χ4n) is 6.55. The minimum Gasteiger partial charge on any atom is -0.466 e. The summed E-state index contributed by atoms with van der Waals surface area (Å²) in [5.41, 5.74) is -2.28. The van der Waals surface area contributed by atoms with Crippen LogP contribution in [0.25, 0.3) is 0 Å². The molecular formula is C27H44N2O6.